The molecule has 3 atom stereocenters. The van der Waals surface area contributed by atoms with E-state index in [2.05, 4.69) is 20.8 Å². The van der Waals surface area contributed by atoms with E-state index >= 15 is 0 Å². The van der Waals surface area contributed by atoms with Gasteiger partial charge in [-0.1, -0.05) is 33.6 Å². The summed E-state index contributed by atoms with van der Waals surface area (Å²) >= 11 is 0. The van der Waals surface area contributed by atoms with E-state index in [-0.39, 0.29) is 11.5 Å². The molecule has 5 saturated carbocycles. The van der Waals surface area contributed by atoms with Crippen LogP contribution in [0.25, 0.3) is 0 Å². The summed E-state index contributed by atoms with van der Waals surface area (Å²) in [5, 5.41) is 11.4. The molecular formula is C20H34O. The summed E-state index contributed by atoms with van der Waals surface area (Å²) < 4.78 is 0. The maximum absolute atomic E-state index is 11.4. The molecule has 4 bridgehead atoms. The van der Waals surface area contributed by atoms with Crippen LogP contribution in [0, 0.1) is 34.0 Å². The number of aliphatic hydroxyl groups excluding tert-OH is 1. The van der Waals surface area contributed by atoms with Gasteiger partial charge in [0.05, 0.1) is 6.10 Å². The zero-order valence-electron chi connectivity index (χ0n) is 14.3. The Morgan fingerprint density at radius 2 is 1.43 bits per heavy atom. The van der Waals surface area contributed by atoms with Gasteiger partial charge >= 0.3 is 0 Å². The van der Waals surface area contributed by atoms with Crippen LogP contribution in [-0.4, -0.2) is 11.2 Å². The van der Waals surface area contributed by atoms with E-state index in [4.69, 9.17) is 0 Å². The first-order valence-corrected chi connectivity index (χ1v) is 9.50. The summed E-state index contributed by atoms with van der Waals surface area (Å²) in [7, 11) is 0. The Morgan fingerprint density at radius 1 is 0.857 bits per heavy atom. The fraction of sp³-hybridized carbons (Fsp3) is 1.00. The normalized spacial score (nSPS) is 57.4. The predicted molar refractivity (Wildman–Crippen MR) is 87.0 cm³/mol. The number of rotatable bonds is 2. The van der Waals surface area contributed by atoms with E-state index in [1.165, 1.54) is 64.2 Å². The van der Waals surface area contributed by atoms with Crippen molar-refractivity contribution in [1.82, 2.24) is 0 Å². The van der Waals surface area contributed by atoms with Gasteiger partial charge in [0.2, 0.25) is 0 Å². The molecule has 0 aliphatic heterocycles. The van der Waals surface area contributed by atoms with Crippen molar-refractivity contribution in [2.75, 3.05) is 0 Å². The molecule has 5 aliphatic carbocycles. The Hall–Kier alpha value is -0.0400. The SMILES string of the molecule is CC1CCC(C(O)C23CC4CC(C)(CC(C)(C4)C2)C3)CC1. The molecule has 1 heteroatoms. The topological polar surface area (TPSA) is 20.2 Å². The van der Waals surface area contributed by atoms with Gasteiger partial charge < -0.3 is 5.11 Å². The standard InChI is InChI=1S/C20H34O/c1-14-4-6-16(7-5-14)17(21)20-10-15-8-18(2,12-20)11-19(3,9-15)13-20/h14-17,21H,4-13H2,1-3H3. The molecule has 3 unspecified atom stereocenters. The highest BCUT2D eigenvalue weighted by Gasteiger charge is 2.62. The van der Waals surface area contributed by atoms with Crippen LogP contribution in [0.2, 0.25) is 0 Å². The maximum Gasteiger partial charge on any atom is 0.0625 e. The van der Waals surface area contributed by atoms with Crippen molar-refractivity contribution in [3.05, 3.63) is 0 Å². The predicted octanol–water partition coefficient (Wildman–Crippen LogP) is 5.17. The second kappa shape index (κ2) is 4.49. The molecule has 0 radical (unpaired) electrons. The van der Waals surface area contributed by atoms with Crippen LogP contribution in [0.1, 0.15) is 85.0 Å². The highest BCUT2D eigenvalue weighted by Crippen LogP contribution is 2.71. The molecule has 0 saturated heterocycles. The first-order chi connectivity index (χ1) is 9.82. The van der Waals surface area contributed by atoms with Gasteiger partial charge in [-0.25, -0.2) is 0 Å². The molecule has 120 valence electrons. The summed E-state index contributed by atoms with van der Waals surface area (Å²) in [6, 6.07) is 0. The Balaban J connectivity index is 1.59. The highest BCUT2D eigenvalue weighted by atomic mass is 16.3. The fourth-order valence-corrected chi connectivity index (χ4v) is 7.97. The maximum atomic E-state index is 11.4. The van der Waals surface area contributed by atoms with E-state index in [0.717, 1.165) is 11.8 Å². The minimum absolute atomic E-state index is 0.00736. The van der Waals surface area contributed by atoms with Crippen molar-refractivity contribution < 1.29 is 5.11 Å². The quantitative estimate of drug-likeness (QED) is 0.744. The molecule has 0 spiro atoms. The van der Waals surface area contributed by atoms with E-state index in [1.54, 1.807) is 0 Å². The van der Waals surface area contributed by atoms with Crippen molar-refractivity contribution in [2.45, 2.75) is 91.1 Å². The molecule has 0 heterocycles. The molecule has 0 aromatic heterocycles. The molecule has 0 aromatic rings. The lowest BCUT2D eigenvalue weighted by Crippen LogP contribution is -2.60. The first-order valence-electron chi connectivity index (χ1n) is 9.50. The lowest BCUT2D eigenvalue weighted by Gasteiger charge is -2.67. The molecule has 0 amide bonds. The summed E-state index contributed by atoms with van der Waals surface area (Å²) in [5.41, 5.74) is 1.36. The van der Waals surface area contributed by atoms with Crippen LogP contribution >= 0.6 is 0 Å². The second-order valence-corrected chi connectivity index (χ2v) is 10.5. The summed E-state index contributed by atoms with van der Waals surface area (Å²) in [4.78, 5) is 0. The molecular weight excluding hydrogens is 256 g/mol. The van der Waals surface area contributed by atoms with Crippen molar-refractivity contribution in [1.29, 1.82) is 0 Å². The van der Waals surface area contributed by atoms with Gasteiger partial charge in [0, 0.05) is 0 Å². The zero-order valence-corrected chi connectivity index (χ0v) is 14.3. The molecule has 21 heavy (non-hydrogen) atoms. The Labute approximate surface area is 130 Å². The molecule has 5 rings (SSSR count). The largest absolute Gasteiger partial charge is 0.392 e. The van der Waals surface area contributed by atoms with Gasteiger partial charge in [-0.05, 0) is 85.4 Å². The monoisotopic (exact) mass is 290 g/mol. The Morgan fingerprint density at radius 3 is 1.95 bits per heavy atom. The molecule has 1 N–H and O–H groups in total. The Kier molecular flexibility index (Phi) is 3.11. The van der Waals surface area contributed by atoms with Crippen molar-refractivity contribution in [3.63, 3.8) is 0 Å². The van der Waals surface area contributed by atoms with E-state index in [9.17, 15) is 5.11 Å². The van der Waals surface area contributed by atoms with Crippen molar-refractivity contribution >= 4 is 0 Å². The fourth-order valence-electron chi connectivity index (χ4n) is 7.97. The van der Waals surface area contributed by atoms with Gasteiger partial charge in [-0.15, -0.1) is 0 Å². The smallest absolute Gasteiger partial charge is 0.0625 e. The summed E-state index contributed by atoms with van der Waals surface area (Å²) in [5.74, 6) is 2.40. The summed E-state index contributed by atoms with van der Waals surface area (Å²) in [6.07, 6.45) is 13.5. The van der Waals surface area contributed by atoms with E-state index in [1.807, 2.05) is 0 Å². The van der Waals surface area contributed by atoms with E-state index in [0.29, 0.717) is 16.7 Å². The van der Waals surface area contributed by atoms with Crippen LogP contribution in [0.5, 0.6) is 0 Å². The average Bonchev–Trinajstić information content (AvgIpc) is 2.34. The molecule has 1 nitrogen and oxygen atoms in total. The number of hydrogen-bond donors (Lipinski definition) is 1. The molecule has 0 aromatic carbocycles. The van der Waals surface area contributed by atoms with Crippen molar-refractivity contribution in [2.24, 2.45) is 34.0 Å². The van der Waals surface area contributed by atoms with Gasteiger partial charge in [0.15, 0.2) is 0 Å². The minimum Gasteiger partial charge on any atom is -0.392 e. The van der Waals surface area contributed by atoms with Crippen LogP contribution in [0.15, 0.2) is 0 Å². The van der Waals surface area contributed by atoms with Crippen LogP contribution in [0.3, 0.4) is 0 Å². The molecule has 5 fully saturated rings. The third kappa shape index (κ3) is 2.30. The third-order valence-corrected chi connectivity index (χ3v) is 7.80. The van der Waals surface area contributed by atoms with Crippen LogP contribution < -0.4 is 0 Å². The van der Waals surface area contributed by atoms with Gasteiger partial charge in [0.25, 0.3) is 0 Å². The lowest BCUT2D eigenvalue weighted by molar-refractivity contribution is -0.198. The average molecular weight is 290 g/mol. The van der Waals surface area contributed by atoms with Crippen LogP contribution in [-0.2, 0) is 0 Å². The number of aliphatic hydroxyl groups is 1. The molecule has 5 aliphatic rings. The van der Waals surface area contributed by atoms with Gasteiger partial charge in [-0.2, -0.15) is 0 Å². The van der Waals surface area contributed by atoms with Gasteiger partial charge in [0.1, 0.15) is 0 Å². The van der Waals surface area contributed by atoms with Gasteiger partial charge in [-0.3, -0.25) is 0 Å². The first kappa shape index (κ1) is 14.5. The Bertz CT molecular complexity index is 402. The second-order valence-electron chi connectivity index (χ2n) is 10.5. The zero-order chi connectivity index (χ0) is 14.9. The van der Waals surface area contributed by atoms with Crippen molar-refractivity contribution in [3.8, 4) is 0 Å². The minimum atomic E-state index is -0.00736. The number of hydrogen-bond acceptors (Lipinski definition) is 1. The van der Waals surface area contributed by atoms with E-state index < -0.39 is 0 Å². The summed E-state index contributed by atoms with van der Waals surface area (Å²) in [6.45, 7) is 7.44. The lowest BCUT2D eigenvalue weighted by atomic mass is 9.38. The third-order valence-electron chi connectivity index (χ3n) is 7.80. The van der Waals surface area contributed by atoms with Crippen LogP contribution in [0.4, 0.5) is 0 Å². The highest BCUT2D eigenvalue weighted by molar-refractivity contribution is 5.13.